The van der Waals surface area contributed by atoms with Crippen molar-refractivity contribution in [2.24, 2.45) is 0 Å². The van der Waals surface area contributed by atoms with Crippen LogP contribution in [0.4, 0.5) is 0 Å². The van der Waals surface area contributed by atoms with Gasteiger partial charge in [0.25, 0.3) is 0 Å². The molecule has 1 aliphatic carbocycles. The lowest BCUT2D eigenvalue weighted by Crippen LogP contribution is -2.09. The molecule has 2 heterocycles. The van der Waals surface area contributed by atoms with Crippen LogP contribution in [-0.4, -0.2) is 24.9 Å². The number of aryl methyl sites for hydroxylation is 1. The van der Waals surface area contributed by atoms with Crippen LogP contribution in [0.5, 0.6) is 0 Å². The van der Waals surface area contributed by atoms with Crippen molar-refractivity contribution in [1.29, 1.82) is 0 Å². The largest absolute Gasteiger partial charge is 0.387 e. The minimum absolute atomic E-state index is 0.454. The highest BCUT2D eigenvalue weighted by Crippen LogP contribution is 2.31. The van der Waals surface area contributed by atoms with Crippen molar-refractivity contribution in [3.63, 3.8) is 0 Å². The first-order valence-corrected chi connectivity index (χ1v) is 6.29. The maximum absolute atomic E-state index is 10.2. The molecule has 3 rings (SSSR count). The number of aliphatic hydroxyl groups excluding tert-OH is 1. The summed E-state index contributed by atoms with van der Waals surface area (Å²) in [5.41, 5.74) is 3.82. The van der Waals surface area contributed by atoms with Gasteiger partial charge in [0.2, 0.25) is 0 Å². The molecule has 5 heteroatoms. The summed E-state index contributed by atoms with van der Waals surface area (Å²) in [5, 5.41) is 14.4. The molecule has 1 atom stereocenters. The van der Waals surface area contributed by atoms with Gasteiger partial charge in [-0.15, -0.1) is 0 Å². The molecular weight excluding hydrogens is 228 g/mol. The standard InChI is InChI=1S/C13H16N4O/c1-9-6-11(17-8-14-7-15-17)10-4-2-3-5-12(18)13(10)16-9/h6-8,12,18H,2-5H2,1H3. The Hall–Kier alpha value is -1.75. The van der Waals surface area contributed by atoms with Crippen molar-refractivity contribution in [3.05, 3.63) is 35.7 Å². The Labute approximate surface area is 106 Å². The van der Waals surface area contributed by atoms with E-state index in [1.54, 1.807) is 11.0 Å². The summed E-state index contributed by atoms with van der Waals surface area (Å²) in [6.07, 6.45) is 6.60. The minimum Gasteiger partial charge on any atom is -0.387 e. The van der Waals surface area contributed by atoms with Gasteiger partial charge in [0.05, 0.1) is 17.5 Å². The average Bonchev–Trinajstić information content (AvgIpc) is 2.82. The summed E-state index contributed by atoms with van der Waals surface area (Å²) in [4.78, 5) is 8.50. The quantitative estimate of drug-likeness (QED) is 0.776. The van der Waals surface area contributed by atoms with Gasteiger partial charge in [-0.1, -0.05) is 6.42 Å². The van der Waals surface area contributed by atoms with Crippen LogP contribution in [0.2, 0.25) is 0 Å². The molecule has 0 aromatic carbocycles. The third kappa shape index (κ3) is 1.90. The molecule has 0 radical (unpaired) electrons. The molecule has 1 aliphatic rings. The highest BCUT2D eigenvalue weighted by molar-refractivity contribution is 5.45. The van der Waals surface area contributed by atoms with Gasteiger partial charge < -0.3 is 5.11 Å². The van der Waals surface area contributed by atoms with E-state index < -0.39 is 6.10 Å². The molecule has 0 saturated heterocycles. The molecule has 0 bridgehead atoms. The first kappa shape index (κ1) is 11.3. The molecule has 1 unspecified atom stereocenters. The molecule has 2 aromatic rings. The van der Waals surface area contributed by atoms with E-state index in [-0.39, 0.29) is 0 Å². The van der Waals surface area contributed by atoms with E-state index in [9.17, 15) is 5.11 Å². The summed E-state index contributed by atoms with van der Waals surface area (Å²) >= 11 is 0. The highest BCUT2D eigenvalue weighted by Gasteiger charge is 2.22. The molecule has 1 N–H and O–H groups in total. The number of pyridine rings is 1. The maximum atomic E-state index is 10.2. The number of hydrogen-bond acceptors (Lipinski definition) is 4. The van der Waals surface area contributed by atoms with Gasteiger partial charge in [0, 0.05) is 11.3 Å². The maximum Gasteiger partial charge on any atom is 0.138 e. The average molecular weight is 244 g/mol. The molecule has 0 fully saturated rings. The van der Waals surface area contributed by atoms with Gasteiger partial charge in [-0.25, -0.2) is 9.67 Å². The minimum atomic E-state index is -0.454. The van der Waals surface area contributed by atoms with Crippen LogP contribution in [-0.2, 0) is 6.42 Å². The highest BCUT2D eigenvalue weighted by atomic mass is 16.3. The molecule has 94 valence electrons. The zero-order valence-electron chi connectivity index (χ0n) is 10.4. The summed E-state index contributed by atoms with van der Waals surface area (Å²) in [5.74, 6) is 0. The summed E-state index contributed by atoms with van der Waals surface area (Å²) in [6.45, 7) is 1.94. The summed E-state index contributed by atoms with van der Waals surface area (Å²) in [6, 6.07) is 2.01. The van der Waals surface area contributed by atoms with Crippen LogP contribution < -0.4 is 0 Å². The van der Waals surface area contributed by atoms with Crippen LogP contribution in [0.1, 0.15) is 42.3 Å². The van der Waals surface area contributed by atoms with Crippen molar-refractivity contribution in [1.82, 2.24) is 19.7 Å². The predicted octanol–water partition coefficient (Wildman–Crippen LogP) is 1.73. The zero-order valence-corrected chi connectivity index (χ0v) is 10.4. The predicted molar refractivity (Wildman–Crippen MR) is 66.4 cm³/mol. The zero-order chi connectivity index (χ0) is 12.5. The number of fused-ring (bicyclic) bond motifs is 1. The SMILES string of the molecule is Cc1cc(-n2cncn2)c2c(n1)C(O)CCCC2. The van der Waals surface area contributed by atoms with Crippen LogP contribution in [0, 0.1) is 6.92 Å². The fraction of sp³-hybridized carbons (Fsp3) is 0.462. The Morgan fingerprint density at radius 1 is 1.39 bits per heavy atom. The van der Waals surface area contributed by atoms with Gasteiger partial charge in [0.1, 0.15) is 12.7 Å². The second kappa shape index (κ2) is 4.49. The molecular formula is C13H16N4O. The van der Waals surface area contributed by atoms with E-state index in [0.717, 1.165) is 48.3 Å². The third-order valence-electron chi connectivity index (χ3n) is 3.40. The second-order valence-electron chi connectivity index (χ2n) is 4.75. The number of aromatic nitrogens is 4. The van der Waals surface area contributed by atoms with E-state index in [4.69, 9.17) is 0 Å². The van der Waals surface area contributed by atoms with Gasteiger partial charge in [0.15, 0.2) is 0 Å². The Bertz CT molecular complexity index is 550. The van der Waals surface area contributed by atoms with E-state index >= 15 is 0 Å². The Balaban J connectivity index is 2.20. The Morgan fingerprint density at radius 3 is 3.06 bits per heavy atom. The topological polar surface area (TPSA) is 63.8 Å². The van der Waals surface area contributed by atoms with E-state index in [1.165, 1.54) is 6.33 Å². The third-order valence-corrected chi connectivity index (χ3v) is 3.40. The van der Waals surface area contributed by atoms with Crippen molar-refractivity contribution in [3.8, 4) is 5.69 Å². The van der Waals surface area contributed by atoms with Gasteiger partial charge >= 0.3 is 0 Å². The van der Waals surface area contributed by atoms with E-state index in [1.807, 2.05) is 13.0 Å². The molecule has 2 aromatic heterocycles. The van der Waals surface area contributed by atoms with Gasteiger partial charge in [-0.3, -0.25) is 4.98 Å². The van der Waals surface area contributed by atoms with Crippen molar-refractivity contribution < 1.29 is 5.11 Å². The molecule has 0 spiro atoms. The number of aliphatic hydroxyl groups is 1. The lowest BCUT2D eigenvalue weighted by atomic mass is 10.0. The second-order valence-corrected chi connectivity index (χ2v) is 4.75. The first-order valence-electron chi connectivity index (χ1n) is 6.29. The Morgan fingerprint density at radius 2 is 2.28 bits per heavy atom. The first-order chi connectivity index (χ1) is 8.75. The number of hydrogen-bond donors (Lipinski definition) is 1. The molecule has 18 heavy (non-hydrogen) atoms. The van der Waals surface area contributed by atoms with Crippen LogP contribution >= 0.6 is 0 Å². The van der Waals surface area contributed by atoms with Gasteiger partial charge in [-0.2, -0.15) is 5.10 Å². The molecule has 5 nitrogen and oxygen atoms in total. The fourth-order valence-electron chi connectivity index (χ4n) is 2.55. The molecule has 0 saturated carbocycles. The smallest absolute Gasteiger partial charge is 0.138 e. The lowest BCUT2D eigenvalue weighted by Gasteiger charge is -2.15. The monoisotopic (exact) mass is 244 g/mol. The van der Waals surface area contributed by atoms with Crippen LogP contribution in [0.25, 0.3) is 5.69 Å². The van der Waals surface area contributed by atoms with Crippen molar-refractivity contribution in [2.75, 3.05) is 0 Å². The van der Waals surface area contributed by atoms with Crippen LogP contribution in [0.15, 0.2) is 18.7 Å². The molecule has 0 aliphatic heterocycles. The van der Waals surface area contributed by atoms with E-state index in [2.05, 4.69) is 15.1 Å². The summed E-state index contributed by atoms with van der Waals surface area (Å²) in [7, 11) is 0. The van der Waals surface area contributed by atoms with E-state index in [0.29, 0.717) is 0 Å². The van der Waals surface area contributed by atoms with Crippen LogP contribution in [0.3, 0.4) is 0 Å². The Kier molecular flexibility index (Phi) is 2.83. The summed E-state index contributed by atoms with van der Waals surface area (Å²) < 4.78 is 1.76. The molecule has 0 amide bonds. The number of rotatable bonds is 1. The van der Waals surface area contributed by atoms with Gasteiger partial charge in [-0.05, 0) is 32.3 Å². The number of nitrogens with zero attached hydrogens (tertiary/aromatic N) is 4. The normalized spacial score (nSPS) is 19.3. The van der Waals surface area contributed by atoms with Crippen molar-refractivity contribution in [2.45, 2.75) is 38.7 Å². The lowest BCUT2D eigenvalue weighted by molar-refractivity contribution is 0.162. The van der Waals surface area contributed by atoms with Crippen molar-refractivity contribution >= 4 is 0 Å². The fourth-order valence-corrected chi connectivity index (χ4v) is 2.55.